The van der Waals surface area contributed by atoms with Crippen molar-refractivity contribution in [2.75, 3.05) is 52.9 Å². The Hall–Kier alpha value is -0.540. The van der Waals surface area contributed by atoms with E-state index in [-0.39, 0.29) is 39.6 Å². The molecule has 0 radical (unpaired) electrons. The zero-order valence-corrected chi connectivity index (χ0v) is 12.6. The summed E-state index contributed by atoms with van der Waals surface area (Å²) in [6, 6.07) is 0. The molecule has 0 aliphatic heterocycles. The van der Waals surface area contributed by atoms with Crippen LogP contribution in [-0.2, 0) is 18.9 Å². The molecular weight excluding hydrogens is 280 g/mol. The minimum Gasteiger partial charge on any atom is -0.388 e. The van der Waals surface area contributed by atoms with Crippen molar-refractivity contribution in [3.63, 3.8) is 0 Å². The fraction of sp³-hybridized carbons (Fsp3) is 0.857. The van der Waals surface area contributed by atoms with Crippen LogP contribution >= 0.6 is 0 Å². The highest BCUT2D eigenvalue weighted by Crippen LogP contribution is 1.94. The van der Waals surface area contributed by atoms with Crippen molar-refractivity contribution in [3.8, 4) is 0 Å². The lowest BCUT2D eigenvalue weighted by Crippen LogP contribution is -2.29. The lowest BCUT2D eigenvalue weighted by atomic mass is 10.3. The zero-order chi connectivity index (χ0) is 15.9. The summed E-state index contributed by atoms with van der Waals surface area (Å²) in [5.41, 5.74) is 0. The fourth-order valence-corrected chi connectivity index (χ4v) is 1.37. The molecule has 0 heterocycles. The van der Waals surface area contributed by atoms with E-state index in [1.54, 1.807) is 6.08 Å². The average molecular weight is 308 g/mol. The van der Waals surface area contributed by atoms with E-state index in [2.05, 4.69) is 6.58 Å². The van der Waals surface area contributed by atoms with E-state index >= 15 is 0 Å². The van der Waals surface area contributed by atoms with Crippen LogP contribution in [0.5, 0.6) is 0 Å². The van der Waals surface area contributed by atoms with Crippen LogP contribution in [0, 0.1) is 0 Å². The smallest absolute Gasteiger partial charge is 0.101 e. The maximum atomic E-state index is 9.58. The number of hydrogen-bond acceptors (Lipinski definition) is 7. The Kier molecular flexibility index (Phi) is 14.0. The summed E-state index contributed by atoms with van der Waals surface area (Å²) in [5, 5.41) is 28.5. The molecule has 0 amide bonds. The highest BCUT2D eigenvalue weighted by molar-refractivity contribution is 4.65. The third-order valence-electron chi connectivity index (χ3n) is 2.30. The Morgan fingerprint density at radius 1 is 0.762 bits per heavy atom. The van der Waals surface area contributed by atoms with E-state index in [0.717, 1.165) is 0 Å². The second-order valence-corrected chi connectivity index (χ2v) is 4.52. The molecule has 3 N–H and O–H groups in total. The predicted molar refractivity (Wildman–Crippen MR) is 77.2 cm³/mol. The molecule has 0 fully saturated rings. The molecule has 126 valence electrons. The van der Waals surface area contributed by atoms with Gasteiger partial charge in [-0.1, -0.05) is 6.08 Å². The number of hydrogen-bond donors (Lipinski definition) is 3. The van der Waals surface area contributed by atoms with Crippen LogP contribution < -0.4 is 0 Å². The summed E-state index contributed by atoms with van der Waals surface area (Å²) < 4.78 is 20.3. The van der Waals surface area contributed by atoms with E-state index in [9.17, 15) is 15.3 Å². The van der Waals surface area contributed by atoms with Crippen LogP contribution in [-0.4, -0.2) is 86.5 Å². The van der Waals surface area contributed by atoms with Gasteiger partial charge in [-0.2, -0.15) is 0 Å². The fourth-order valence-electron chi connectivity index (χ4n) is 1.37. The average Bonchev–Trinajstić information content (AvgIpc) is 2.45. The minimum atomic E-state index is -0.814. The topological polar surface area (TPSA) is 97.6 Å². The summed E-state index contributed by atoms with van der Waals surface area (Å²) in [7, 11) is 0. The molecule has 0 spiro atoms. The number of aliphatic hydroxyl groups excluding tert-OH is 3. The normalized spacial score (nSPS) is 15.6. The van der Waals surface area contributed by atoms with E-state index in [0.29, 0.717) is 13.2 Å². The molecule has 0 saturated heterocycles. The maximum Gasteiger partial charge on any atom is 0.101 e. The van der Waals surface area contributed by atoms with Crippen molar-refractivity contribution in [2.24, 2.45) is 0 Å². The van der Waals surface area contributed by atoms with Gasteiger partial charge in [0.25, 0.3) is 0 Å². The van der Waals surface area contributed by atoms with Gasteiger partial charge < -0.3 is 34.3 Å². The van der Waals surface area contributed by atoms with E-state index in [1.165, 1.54) is 0 Å². The summed E-state index contributed by atoms with van der Waals surface area (Å²) in [5.74, 6) is 0. The first kappa shape index (κ1) is 20.5. The van der Waals surface area contributed by atoms with Crippen molar-refractivity contribution in [1.29, 1.82) is 0 Å². The third-order valence-corrected chi connectivity index (χ3v) is 2.30. The summed E-state index contributed by atoms with van der Waals surface area (Å²) in [6.45, 7) is 6.85. The predicted octanol–water partition coefficient (Wildman–Crippen LogP) is -0.659. The molecule has 0 aromatic heterocycles. The SMILES string of the molecule is C=CCOCC(O)COCC(O)COCC(O)COCC. The second kappa shape index (κ2) is 14.4. The highest BCUT2D eigenvalue weighted by Gasteiger charge is 2.10. The first-order valence-electron chi connectivity index (χ1n) is 7.06. The monoisotopic (exact) mass is 308 g/mol. The Morgan fingerprint density at radius 3 is 1.52 bits per heavy atom. The van der Waals surface area contributed by atoms with Crippen LogP contribution in [0.15, 0.2) is 12.7 Å². The molecule has 7 heteroatoms. The Bertz CT molecular complexity index is 237. The summed E-state index contributed by atoms with van der Waals surface area (Å²) in [4.78, 5) is 0. The van der Waals surface area contributed by atoms with Gasteiger partial charge >= 0.3 is 0 Å². The van der Waals surface area contributed by atoms with Crippen molar-refractivity contribution < 1.29 is 34.3 Å². The molecular formula is C14H28O7. The Labute approximate surface area is 126 Å². The number of ether oxygens (including phenoxy) is 4. The lowest BCUT2D eigenvalue weighted by Gasteiger charge is -2.16. The summed E-state index contributed by atoms with van der Waals surface area (Å²) >= 11 is 0. The van der Waals surface area contributed by atoms with Gasteiger partial charge in [0, 0.05) is 6.61 Å². The largest absolute Gasteiger partial charge is 0.388 e. The molecule has 0 saturated carbocycles. The standard InChI is InChI=1S/C14H28O7/c1-3-5-19-7-13(16)9-21-11-14(17)10-20-8-12(15)6-18-4-2/h3,12-17H,1,4-11H2,2H3. The van der Waals surface area contributed by atoms with E-state index in [4.69, 9.17) is 18.9 Å². The molecule has 21 heavy (non-hydrogen) atoms. The maximum absolute atomic E-state index is 9.58. The van der Waals surface area contributed by atoms with E-state index in [1.807, 2.05) is 6.92 Å². The minimum absolute atomic E-state index is 0.0417. The van der Waals surface area contributed by atoms with Gasteiger partial charge in [0.1, 0.15) is 18.3 Å². The van der Waals surface area contributed by atoms with Crippen molar-refractivity contribution in [1.82, 2.24) is 0 Å². The first-order valence-corrected chi connectivity index (χ1v) is 7.06. The lowest BCUT2D eigenvalue weighted by molar-refractivity contribution is -0.0697. The Balaban J connectivity index is 3.44. The van der Waals surface area contributed by atoms with Crippen LogP contribution in [0.3, 0.4) is 0 Å². The van der Waals surface area contributed by atoms with Crippen molar-refractivity contribution in [3.05, 3.63) is 12.7 Å². The van der Waals surface area contributed by atoms with Gasteiger partial charge in [0.15, 0.2) is 0 Å². The molecule has 0 aliphatic rings. The number of rotatable bonds is 15. The van der Waals surface area contributed by atoms with Crippen LogP contribution in [0.25, 0.3) is 0 Å². The molecule has 0 rings (SSSR count). The van der Waals surface area contributed by atoms with Gasteiger partial charge in [0.2, 0.25) is 0 Å². The second-order valence-electron chi connectivity index (χ2n) is 4.52. The molecule has 0 aromatic rings. The summed E-state index contributed by atoms with van der Waals surface area (Å²) in [6.07, 6.45) is -0.673. The van der Waals surface area contributed by atoms with Crippen molar-refractivity contribution >= 4 is 0 Å². The van der Waals surface area contributed by atoms with Crippen LogP contribution in [0.1, 0.15) is 6.92 Å². The van der Waals surface area contributed by atoms with Crippen LogP contribution in [0.4, 0.5) is 0 Å². The van der Waals surface area contributed by atoms with Crippen LogP contribution in [0.2, 0.25) is 0 Å². The first-order chi connectivity index (χ1) is 10.1. The molecule has 7 nitrogen and oxygen atoms in total. The molecule has 3 atom stereocenters. The Morgan fingerprint density at radius 2 is 1.14 bits per heavy atom. The number of aliphatic hydroxyl groups is 3. The third kappa shape index (κ3) is 14.2. The van der Waals surface area contributed by atoms with Gasteiger partial charge in [-0.05, 0) is 6.92 Å². The van der Waals surface area contributed by atoms with Gasteiger partial charge in [-0.15, -0.1) is 6.58 Å². The molecule has 3 unspecified atom stereocenters. The van der Waals surface area contributed by atoms with E-state index < -0.39 is 18.3 Å². The zero-order valence-electron chi connectivity index (χ0n) is 12.6. The van der Waals surface area contributed by atoms with Gasteiger partial charge in [-0.3, -0.25) is 0 Å². The van der Waals surface area contributed by atoms with Crippen molar-refractivity contribution in [2.45, 2.75) is 25.2 Å². The highest BCUT2D eigenvalue weighted by atomic mass is 16.5. The van der Waals surface area contributed by atoms with Gasteiger partial charge in [-0.25, -0.2) is 0 Å². The molecule has 0 aromatic carbocycles. The van der Waals surface area contributed by atoms with Gasteiger partial charge in [0.05, 0.1) is 46.2 Å². The molecule has 0 aliphatic carbocycles. The molecule has 0 bridgehead atoms. The quantitative estimate of drug-likeness (QED) is 0.273.